The molecule has 2 rings (SSSR count). The van der Waals surface area contributed by atoms with Gasteiger partial charge >= 0.3 is 12.1 Å². The van der Waals surface area contributed by atoms with E-state index in [2.05, 4.69) is 0 Å². The summed E-state index contributed by atoms with van der Waals surface area (Å²) in [5.41, 5.74) is 3.39. The Balaban J connectivity index is 1.75. The van der Waals surface area contributed by atoms with E-state index in [9.17, 15) is 9.59 Å². The van der Waals surface area contributed by atoms with Crippen LogP contribution in [0.1, 0.15) is 39.0 Å². The first-order valence-electron chi connectivity index (χ1n) is 7.94. The van der Waals surface area contributed by atoms with Crippen molar-refractivity contribution in [3.63, 3.8) is 0 Å². The maximum atomic E-state index is 11.5. The highest BCUT2D eigenvalue weighted by atomic mass is 16.5. The Labute approximate surface area is 130 Å². The first kappa shape index (κ1) is 16.8. The molecule has 0 radical (unpaired) electrons. The van der Waals surface area contributed by atoms with E-state index in [1.165, 1.54) is 0 Å². The molecule has 0 aromatic heterocycles. The monoisotopic (exact) mass is 314 g/mol. The molecule has 2 fully saturated rings. The molecule has 126 valence electrons. The van der Waals surface area contributed by atoms with E-state index in [1.807, 2.05) is 6.92 Å². The fourth-order valence-electron chi connectivity index (χ4n) is 3.76. The minimum Gasteiger partial charge on any atom is -0.323 e. The van der Waals surface area contributed by atoms with Gasteiger partial charge < -0.3 is 9.80 Å². The predicted octanol–water partition coefficient (Wildman–Crippen LogP) is 1.39. The number of carbonyl (C=O) groups is 2. The summed E-state index contributed by atoms with van der Waals surface area (Å²) in [5, 5.41) is 17.4. The molecule has 22 heavy (non-hydrogen) atoms. The van der Waals surface area contributed by atoms with Gasteiger partial charge in [-0.05, 0) is 50.9 Å². The summed E-state index contributed by atoms with van der Waals surface area (Å²) < 4.78 is 0. The molecule has 0 bridgehead atoms. The van der Waals surface area contributed by atoms with Crippen LogP contribution >= 0.6 is 0 Å². The molecule has 0 aromatic rings. The van der Waals surface area contributed by atoms with Crippen LogP contribution in [-0.2, 0) is 0 Å². The van der Waals surface area contributed by atoms with Gasteiger partial charge in [-0.15, -0.1) is 0 Å². The second-order valence-electron chi connectivity index (χ2n) is 6.43. The van der Waals surface area contributed by atoms with Crippen molar-refractivity contribution < 1.29 is 20.0 Å². The molecule has 4 N–H and O–H groups in total. The van der Waals surface area contributed by atoms with Crippen LogP contribution in [0.2, 0.25) is 0 Å². The summed E-state index contributed by atoms with van der Waals surface area (Å²) in [6.45, 7) is 4.04. The van der Waals surface area contributed by atoms with Gasteiger partial charge in [0.25, 0.3) is 0 Å². The molecule has 8 heteroatoms. The summed E-state index contributed by atoms with van der Waals surface area (Å²) in [5.74, 6) is 1.18. The van der Waals surface area contributed by atoms with Gasteiger partial charge in [0.2, 0.25) is 0 Å². The Kier molecular flexibility index (Phi) is 5.84. The van der Waals surface area contributed by atoms with Crippen molar-refractivity contribution in [3.05, 3.63) is 0 Å². The number of nitrogens with zero attached hydrogens (tertiary/aromatic N) is 2. The molecule has 2 heterocycles. The van der Waals surface area contributed by atoms with Crippen molar-refractivity contribution in [2.45, 2.75) is 45.1 Å². The average Bonchev–Trinajstić information content (AvgIpc) is 2.54. The van der Waals surface area contributed by atoms with E-state index in [0.717, 1.165) is 32.1 Å². The number of urea groups is 2. The molecule has 2 saturated heterocycles. The van der Waals surface area contributed by atoms with Crippen LogP contribution in [0, 0.1) is 11.8 Å². The number of nitrogens with one attached hydrogen (secondary N) is 2. The Bertz CT molecular complexity index is 398. The number of piperidine rings is 2. The molecule has 0 aliphatic carbocycles. The van der Waals surface area contributed by atoms with Crippen LogP contribution in [0.15, 0.2) is 0 Å². The number of amides is 4. The minimum atomic E-state index is -0.422. The van der Waals surface area contributed by atoms with Gasteiger partial charge in [0, 0.05) is 25.7 Å². The highest BCUT2D eigenvalue weighted by molar-refractivity contribution is 5.73. The first-order valence-corrected chi connectivity index (χ1v) is 7.94. The minimum absolute atomic E-state index is 0.131. The SMILES string of the molecule is CC1CC(CC2CCN(C(=O)NO)CC2)CCN1C(=O)NO. The van der Waals surface area contributed by atoms with Gasteiger partial charge in [0.1, 0.15) is 0 Å². The third kappa shape index (κ3) is 4.01. The van der Waals surface area contributed by atoms with Crippen LogP contribution < -0.4 is 11.0 Å². The largest absolute Gasteiger partial charge is 0.341 e. The molecule has 0 spiro atoms. The highest BCUT2D eigenvalue weighted by Crippen LogP contribution is 2.32. The Morgan fingerprint density at radius 2 is 1.59 bits per heavy atom. The third-order valence-electron chi connectivity index (χ3n) is 5.01. The number of hydrogen-bond acceptors (Lipinski definition) is 4. The molecule has 2 aliphatic heterocycles. The van der Waals surface area contributed by atoms with E-state index >= 15 is 0 Å². The van der Waals surface area contributed by atoms with E-state index in [4.69, 9.17) is 10.4 Å². The summed E-state index contributed by atoms with van der Waals surface area (Å²) in [6.07, 6.45) is 4.94. The van der Waals surface area contributed by atoms with Gasteiger partial charge in [-0.25, -0.2) is 20.5 Å². The van der Waals surface area contributed by atoms with Crippen molar-refractivity contribution in [2.75, 3.05) is 19.6 Å². The lowest BCUT2D eigenvalue weighted by Gasteiger charge is -2.39. The standard InChI is InChI=1S/C14H26N4O4/c1-10-8-12(4-7-18(10)14(20)16-22)9-11-2-5-17(6-3-11)13(19)15-21/h10-12,21-22H,2-9H2,1H3,(H,15,19)(H,16,20). The van der Waals surface area contributed by atoms with Crippen molar-refractivity contribution in [2.24, 2.45) is 11.8 Å². The van der Waals surface area contributed by atoms with Crippen LogP contribution in [-0.4, -0.2) is 58.0 Å². The highest BCUT2D eigenvalue weighted by Gasteiger charge is 2.31. The number of hydroxylamine groups is 2. The molecule has 0 aromatic carbocycles. The van der Waals surface area contributed by atoms with Crippen molar-refractivity contribution in [1.29, 1.82) is 0 Å². The predicted molar refractivity (Wildman–Crippen MR) is 78.4 cm³/mol. The summed E-state index contributed by atoms with van der Waals surface area (Å²) in [4.78, 5) is 26.1. The zero-order valence-electron chi connectivity index (χ0n) is 13.0. The molecule has 0 saturated carbocycles. The number of rotatable bonds is 2. The summed E-state index contributed by atoms with van der Waals surface area (Å²) >= 11 is 0. The van der Waals surface area contributed by atoms with Crippen molar-refractivity contribution in [3.8, 4) is 0 Å². The van der Waals surface area contributed by atoms with Crippen LogP contribution in [0.25, 0.3) is 0 Å². The van der Waals surface area contributed by atoms with Crippen molar-refractivity contribution in [1.82, 2.24) is 20.8 Å². The Hall–Kier alpha value is -1.54. The normalized spacial score (nSPS) is 26.7. The molecule has 2 aliphatic rings. The number of likely N-dealkylation sites (tertiary alicyclic amines) is 2. The smallest absolute Gasteiger partial charge is 0.323 e. The zero-order chi connectivity index (χ0) is 16.1. The summed E-state index contributed by atoms with van der Waals surface area (Å²) in [7, 11) is 0. The van der Waals surface area contributed by atoms with Gasteiger partial charge in [0.15, 0.2) is 0 Å². The number of hydrogen-bond donors (Lipinski definition) is 4. The lowest BCUT2D eigenvalue weighted by Crippen LogP contribution is -2.49. The molecular weight excluding hydrogens is 288 g/mol. The fraction of sp³-hybridized carbons (Fsp3) is 0.857. The zero-order valence-corrected chi connectivity index (χ0v) is 13.0. The second kappa shape index (κ2) is 7.64. The van der Waals surface area contributed by atoms with E-state index in [1.54, 1.807) is 20.8 Å². The van der Waals surface area contributed by atoms with E-state index in [0.29, 0.717) is 31.5 Å². The Morgan fingerprint density at radius 3 is 2.14 bits per heavy atom. The lowest BCUT2D eigenvalue weighted by molar-refractivity contribution is 0.0825. The Morgan fingerprint density at radius 1 is 1.00 bits per heavy atom. The maximum Gasteiger partial charge on any atom is 0.341 e. The van der Waals surface area contributed by atoms with Crippen LogP contribution in [0.5, 0.6) is 0 Å². The van der Waals surface area contributed by atoms with Crippen LogP contribution in [0.4, 0.5) is 9.59 Å². The average molecular weight is 314 g/mol. The number of carbonyl (C=O) groups excluding carboxylic acids is 2. The molecule has 2 atom stereocenters. The van der Waals surface area contributed by atoms with Gasteiger partial charge in [-0.2, -0.15) is 0 Å². The molecule has 2 unspecified atom stereocenters. The van der Waals surface area contributed by atoms with Gasteiger partial charge in [-0.1, -0.05) is 0 Å². The summed E-state index contributed by atoms with van der Waals surface area (Å²) in [6, 6.07) is -0.712. The molecule has 8 nitrogen and oxygen atoms in total. The van der Waals surface area contributed by atoms with Crippen molar-refractivity contribution >= 4 is 12.1 Å². The van der Waals surface area contributed by atoms with Crippen LogP contribution in [0.3, 0.4) is 0 Å². The van der Waals surface area contributed by atoms with Gasteiger partial charge in [0.05, 0.1) is 0 Å². The first-order chi connectivity index (χ1) is 10.5. The molecule has 4 amide bonds. The van der Waals surface area contributed by atoms with E-state index < -0.39 is 12.1 Å². The fourth-order valence-corrected chi connectivity index (χ4v) is 3.76. The lowest BCUT2D eigenvalue weighted by atomic mass is 9.81. The topological polar surface area (TPSA) is 105 Å². The second-order valence-corrected chi connectivity index (χ2v) is 6.43. The maximum absolute atomic E-state index is 11.5. The molecular formula is C14H26N4O4. The van der Waals surface area contributed by atoms with Gasteiger partial charge in [-0.3, -0.25) is 10.4 Å². The quantitative estimate of drug-likeness (QED) is 0.456. The third-order valence-corrected chi connectivity index (χ3v) is 5.01. The van der Waals surface area contributed by atoms with E-state index in [-0.39, 0.29) is 6.04 Å².